The first kappa shape index (κ1) is 15.2. The normalized spacial score (nSPS) is 57.1. The summed E-state index contributed by atoms with van der Waals surface area (Å²) >= 11 is 0. The van der Waals surface area contributed by atoms with Gasteiger partial charge in [0.25, 0.3) is 0 Å². The number of Topliss-reactive ketones (excluding diaryl/α,β-unsaturated/α-hetero) is 1. The van der Waals surface area contributed by atoms with E-state index in [0.29, 0.717) is 17.1 Å². The van der Waals surface area contributed by atoms with Gasteiger partial charge in [0.15, 0.2) is 0 Å². The molecule has 0 aromatic heterocycles. The van der Waals surface area contributed by atoms with Gasteiger partial charge in [0.1, 0.15) is 5.78 Å². The summed E-state index contributed by atoms with van der Waals surface area (Å²) in [6, 6.07) is 0. The summed E-state index contributed by atoms with van der Waals surface area (Å²) < 4.78 is 0. The number of carbonyl (C=O) groups excluding carboxylic acids is 1. The monoisotopic (exact) mass is 304 g/mol. The van der Waals surface area contributed by atoms with Crippen LogP contribution in [0.2, 0.25) is 0 Å². The molecule has 8 atom stereocenters. The smallest absolute Gasteiger partial charge is 0.133 e. The Labute approximate surface area is 135 Å². The van der Waals surface area contributed by atoms with Gasteiger partial charge in [-0.25, -0.2) is 0 Å². The van der Waals surface area contributed by atoms with Crippen LogP contribution in [0.3, 0.4) is 0 Å². The molecule has 0 aliphatic heterocycles. The van der Waals surface area contributed by atoms with Crippen LogP contribution >= 0.6 is 0 Å². The van der Waals surface area contributed by atoms with Crippen molar-refractivity contribution in [3.8, 4) is 0 Å². The first-order chi connectivity index (χ1) is 10.4. The first-order valence-corrected chi connectivity index (χ1v) is 9.55. The SMILES string of the molecule is CC(=O)[C@H]1CC[C@H]2[C@@H]3CC[C@H]4C[C@@H](O)C[C@]4(C)[C@H]3CC[C@]12C. The molecule has 0 heterocycles. The van der Waals surface area contributed by atoms with Crippen molar-refractivity contribution >= 4 is 5.78 Å². The highest BCUT2D eigenvalue weighted by atomic mass is 16.3. The molecule has 22 heavy (non-hydrogen) atoms. The summed E-state index contributed by atoms with van der Waals surface area (Å²) in [6.07, 6.45) is 9.59. The Hall–Kier alpha value is -0.370. The van der Waals surface area contributed by atoms with E-state index in [-0.39, 0.29) is 11.5 Å². The number of aliphatic hydroxyl groups is 1. The van der Waals surface area contributed by atoms with E-state index in [9.17, 15) is 9.90 Å². The Morgan fingerprint density at radius 1 is 1.00 bits per heavy atom. The van der Waals surface area contributed by atoms with Gasteiger partial charge >= 0.3 is 0 Å². The second kappa shape index (κ2) is 4.82. The van der Waals surface area contributed by atoms with Crippen molar-refractivity contribution in [1.82, 2.24) is 0 Å². The third kappa shape index (κ3) is 1.85. The van der Waals surface area contributed by atoms with Crippen LogP contribution in [-0.4, -0.2) is 17.0 Å². The lowest BCUT2D eigenvalue weighted by Gasteiger charge is -2.57. The minimum atomic E-state index is -0.0596. The maximum atomic E-state index is 12.1. The molecule has 0 bridgehead atoms. The molecule has 0 saturated heterocycles. The van der Waals surface area contributed by atoms with E-state index in [1.54, 1.807) is 0 Å². The van der Waals surface area contributed by atoms with Gasteiger partial charge in [0, 0.05) is 5.92 Å². The Balaban J connectivity index is 1.64. The number of hydrogen-bond donors (Lipinski definition) is 1. The quantitative estimate of drug-likeness (QED) is 0.788. The van der Waals surface area contributed by atoms with Gasteiger partial charge in [0.2, 0.25) is 0 Å². The van der Waals surface area contributed by atoms with E-state index >= 15 is 0 Å². The minimum absolute atomic E-state index is 0.0596. The van der Waals surface area contributed by atoms with Gasteiger partial charge in [-0.3, -0.25) is 4.79 Å². The summed E-state index contributed by atoms with van der Waals surface area (Å²) in [5.41, 5.74) is 0.644. The van der Waals surface area contributed by atoms with Gasteiger partial charge in [-0.05, 0) is 92.8 Å². The third-order valence-electron chi connectivity index (χ3n) is 8.79. The zero-order valence-corrected chi connectivity index (χ0v) is 14.5. The van der Waals surface area contributed by atoms with Crippen molar-refractivity contribution in [2.45, 2.75) is 78.2 Å². The second-order valence-electron chi connectivity index (χ2n) is 9.54. The van der Waals surface area contributed by atoms with Gasteiger partial charge in [-0.15, -0.1) is 0 Å². The summed E-state index contributed by atoms with van der Waals surface area (Å²) in [5.74, 6) is 3.87. The largest absolute Gasteiger partial charge is 0.393 e. The first-order valence-electron chi connectivity index (χ1n) is 9.55. The number of hydrogen-bond acceptors (Lipinski definition) is 2. The average Bonchev–Trinajstić information content (AvgIpc) is 2.93. The summed E-state index contributed by atoms with van der Waals surface area (Å²) in [7, 11) is 0. The summed E-state index contributed by atoms with van der Waals surface area (Å²) in [6.45, 7) is 6.71. The van der Waals surface area contributed by atoms with Crippen LogP contribution in [-0.2, 0) is 4.79 Å². The topological polar surface area (TPSA) is 37.3 Å². The lowest BCUT2D eigenvalue weighted by molar-refractivity contribution is -0.129. The van der Waals surface area contributed by atoms with Gasteiger partial charge in [0.05, 0.1) is 6.10 Å². The maximum Gasteiger partial charge on any atom is 0.133 e. The van der Waals surface area contributed by atoms with Crippen LogP contribution in [0.15, 0.2) is 0 Å². The third-order valence-corrected chi connectivity index (χ3v) is 8.79. The maximum absolute atomic E-state index is 12.1. The van der Waals surface area contributed by atoms with Crippen molar-refractivity contribution in [1.29, 1.82) is 0 Å². The van der Waals surface area contributed by atoms with E-state index < -0.39 is 0 Å². The predicted molar refractivity (Wildman–Crippen MR) is 87.3 cm³/mol. The Bertz CT molecular complexity index is 486. The average molecular weight is 304 g/mol. The zero-order valence-electron chi connectivity index (χ0n) is 14.5. The molecule has 124 valence electrons. The molecule has 4 aliphatic carbocycles. The van der Waals surface area contributed by atoms with E-state index in [1.165, 1.54) is 32.1 Å². The molecular formula is C20H32O2. The number of rotatable bonds is 1. The molecule has 2 nitrogen and oxygen atoms in total. The van der Waals surface area contributed by atoms with Crippen LogP contribution in [0.5, 0.6) is 0 Å². The Morgan fingerprint density at radius 2 is 1.73 bits per heavy atom. The van der Waals surface area contributed by atoms with Crippen molar-refractivity contribution < 1.29 is 9.90 Å². The molecule has 4 saturated carbocycles. The molecule has 0 aromatic carbocycles. The Morgan fingerprint density at radius 3 is 2.45 bits per heavy atom. The van der Waals surface area contributed by atoms with Gasteiger partial charge in [-0.1, -0.05) is 13.8 Å². The van der Waals surface area contributed by atoms with Crippen molar-refractivity contribution in [2.75, 3.05) is 0 Å². The molecule has 0 spiro atoms. The number of ketones is 1. The minimum Gasteiger partial charge on any atom is -0.393 e. The van der Waals surface area contributed by atoms with Crippen LogP contribution in [0.25, 0.3) is 0 Å². The molecule has 4 rings (SSSR count). The lowest BCUT2D eigenvalue weighted by Crippen LogP contribution is -2.51. The summed E-state index contributed by atoms with van der Waals surface area (Å²) in [5, 5.41) is 10.2. The molecule has 2 heteroatoms. The molecule has 0 amide bonds. The molecule has 0 radical (unpaired) electrons. The van der Waals surface area contributed by atoms with Gasteiger partial charge < -0.3 is 5.11 Å². The van der Waals surface area contributed by atoms with Crippen LogP contribution in [0.4, 0.5) is 0 Å². The molecule has 0 aromatic rings. The molecule has 0 unspecified atom stereocenters. The van der Waals surface area contributed by atoms with Crippen LogP contribution in [0.1, 0.15) is 72.1 Å². The molecule has 4 aliphatic rings. The van der Waals surface area contributed by atoms with Crippen molar-refractivity contribution in [2.24, 2.45) is 40.4 Å². The highest BCUT2D eigenvalue weighted by molar-refractivity contribution is 5.79. The number of carbonyl (C=O) groups is 1. The van der Waals surface area contributed by atoms with Crippen LogP contribution < -0.4 is 0 Å². The Kier molecular flexibility index (Phi) is 3.32. The number of fused-ring (bicyclic) bond motifs is 5. The molecular weight excluding hydrogens is 272 g/mol. The fourth-order valence-electron chi connectivity index (χ4n) is 7.83. The fraction of sp³-hybridized carbons (Fsp3) is 0.950. The standard InChI is InChI=1S/C20H32O2/c1-12(21)16-6-7-17-15-5-4-13-10-14(22)11-20(13,3)18(15)8-9-19(16,17)2/h13-18,22H,4-11H2,1-3H3/t13-,14+,15-,16+,17-,18-,19+,20-/m0/s1. The zero-order chi connectivity index (χ0) is 15.7. The lowest BCUT2D eigenvalue weighted by atomic mass is 9.47. The van der Waals surface area contributed by atoms with E-state index in [0.717, 1.165) is 42.9 Å². The predicted octanol–water partition coefficient (Wildman–Crippen LogP) is 4.21. The van der Waals surface area contributed by atoms with Crippen molar-refractivity contribution in [3.05, 3.63) is 0 Å². The highest BCUT2D eigenvalue weighted by Crippen LogP contribution is 2.68. The number of aliphatic hydroxyl groups excluding tert-OH is 1. The van der Waals surface area contributed by atoms with E-state index in [4.69, 9.17) is 0 Å². The summed E-state index contributed by atoms with van der Waals surface area (Å²) in [4.78, 5) is 12.1. The van der Waals surface area contributed by atoms with Gasteiger partial charge in [-0.2, -0.15) is 0 Å². The van der Waals surface area contributed by atoms with Crippen LogP contribution in [0, 0.1) is 40.4 Å². The second-order valence-corrected chi connectivity index (χ2v) is 9.54. The highest BCUT2D eigenvalue weighted by Gasteiger charge is 2.61. The molecule has 1 N–H and O–H groups in total. The van der Waals surface area contributed by atoms with E-state index in [2.05, 4.69) is 13.8 Å². The van der Waals surface area contributed by atoms with Crippen molar-refractivity contribution in [3.63, 3.8) is 0 Å². The fourth-order valence-corrected chi connectivity index (χ4v) is 7.83. The van der Waals surface area contributed by atoms with E-state index in [1.807, 2.05) is 6.92 Å². The molecule has 4 fully saturated rings.